The predicted octanol–water partition coefficient (Wildman–Crippen LogP) is 14.8. The largest absolute Gasteiger partial charge is 0.396 e. The van der Waals surface area contributed by atoms with Gasteiger partial charge in [-0.2, -0.15) is 0 Å². The summed E-state index contributed by atoms with van der Waals surface area (Å²) in [6, 6.07) is 1.25. The molecule has 0 aromatic heterocycles. The summed E-state index contributed by atoms with van der Waals surface area (Å²) in [5.41, 5.74) is 0. The summed E-state index contributed by atoms with van der Waals surface area (Å²) < 4.78 is 13.3. The lowest BCUT2D eigenvalue weighted by Gasteiger charge is -2.30. The van der Waals surface area contributed by atoms with Gasteiger partial charge in [-0.05, 0) is 129 Å². The van der Waals surface area contributed by atoms with Crippen LogP contribution >= 0.6 is 0 Å². The van der Waals surface area contributed by atoms with Crippen LogP contribution in [-0.2, 0) is 9.16 Å². The van der Waals surface area contributed by atoms with Crippen LogP contribution in [0.1, 0.15) is 188 Å². The van der Waals surface area contributed by atoms with Gasteiger partial charge in [-0.1, -0.05) is 159 Å². The molecule has 0 rings (SSSR count). The summed E-state index contributed by atoms with van der Waals surface area (Å²) in [7, 11) is -1.74. The van der Waals surface area contributed by atoms with Crippen molar-refractivity contribution in [2.75, 3.05) is 32.8 Å². The maximum Gasteiger partial charge on any atom is 0.190 e. The minimum atomic E-state index is -1.74. The molecule has 310 valence electrons. The second-order valence-corrected chi connectivity index (χ2v) is 20.0. The molecule has 0 aromatic rings. The molecule has 0 heterocycles. The summed E-state index contributed by atoms with van der Waals surface area (Å²) in [6.07, 6.45) is 54.1. The smallest absolute Gasteiger partial charge is 0.190 e. The minimum absolute atomic E-state index is 0.0241. The Balaban J connectivity index is 4.48. The van der Waals surface area contributed by atoms with Crippen LogP contribution in [0.25, 0.3) is 0 Å². The topological polar surface area (TPSA) is 41.9 Å². The van der Waals surface area contributed by atoms with E-state index in [0.29, 0.717) is 6.61 Å². The SMILES string of the molecule is CC/C=C\C/C=C\C/C=C\C/C=C\C/C=C\CCCCN(CCCCO)CCCCCC(OCCCCCCCC)O[Si](C)(C)CCCCCCCC. The number of unbranched alkanes of at least 4 members (excludes halogenated alkanes) is 15. The van der Waals surface area contributed by atoms with E-state index in [-0.39, 0.29) is 6.29 Å². The first-order chi connectivity index (χ1) is 26.0. The number of ether oxygens (including phenoxy) is 1. The molecule has 0 aliphatic rings. The third kappa shape index (κ3) is 40.2. The zero-order valence-electron chi connectivity index (χ0n) is 36.2. The fourth-order valence-corrected chi connectivity index (χ4v) is 8.71. The standard InChI is InChI=1S/C48H91NO3Si/c1-6-9-12-15-18-19-20-21-22-23-24-25-26-27-28-29-30-35-42-49(44-37-38-45-50)43-36-33-34-41-48(51-46-39-31-16-13-10-7-2)52-53(4,5)47-40-32-17-14-11-8-3/h9,12,18-19,21-22,24-25,27-28,48,50H,6-8,10-11,13-17,20,23,26,29-47H2,1-5H3/b12-9-,19-18-,22-21-,25-24-,28-27-. The maximum atomic E-state index is 9.35. The molecule has 1 N–H and O–H groups in total. The number of aliphatic hydroxyl groups excluding tert-OH is 1. The molecule has 0 amide bonds. The van der Waals surface area contributed by atoms with Gasteiger partial charge in [-0.15, -0.1) is 0 Å². The van der Waals surface area contributed by atoms with E-state index >= 15 is 0 Å². The lowest BCUT2D eigenvalue weighted by Crippen LogP contribution is -2.37. The van der Waals surface area contributed by atoms with Crippen molar-refractivity contribution < 1.29 is 14.3 Å². The Kier molecular flexibility index (Phi) is 40.9. The van der Waals surface area contributed by atoms with Crippen molar-refractivity contribution in [2.45, 2.75) is 213 Å². The first-order valence-electron chi connectivity index (χ1n) is 22.9. The molecule has 1 atom stereocenters. The van der Waals surface area contributed by atoms with Crippen molar-refractivity contribution in [1.29, 1.82) is 0 Å². The van der Waals surface area contributed by atoms with Crippen LogP contribution in [0.2, 0.25) is 19.1 Å². The number of aliphatic hydroxyl groups is 1. The average Bonchev–Trinajstić information content (AvgIpc) is 3.14. The fourth-order valence-electron chi connectivity index (χ4n) is 6.59. The number of rotatable bonds is 41. The van der Waals surface area contributed by atoms with Gasteiger partial charge in [-0.3, -0.25) is 0 Å². The van der Waals surface area contributed by atoms with E-state index in [4.69, 9.17) is 9.16 Å². The van der Waals surface area contributed by atoms with E-state index in [1.807, 2.05) is 0 Å². The van der Waals surface area contributed by atoms with E-state index in [9.17, 15) is 5.11 Å². The second-order valence-electron chi connectivity index (χ2n) is 15.8. The Morgan fingerprint density at radius 3 is 1.55 bits per heavy atom. The van der Waals surface area contributed by atoms with Crippen LogP contribution in [0, 0.1) is 0 Å². The molecule has 0 fully saturated rings. The van der Waals surface area contributed by atoms with Crippen molar-refractivity contribution in [2.24, 2.45) is 0 Å². The third-order valence-corrected chi connectivity index (χ3v) is 12.4. The second kappa shape index (κ2) is 41.9. The van der Waals surface area contributed by atoms with Crippen LogP contribution < -0.4 is 0 Å². The molecular weight excluding hydrogens is 667 g/mol. The number of allylic oxidation sites excluding steroid dienone is 10. The Morgan fingerprint density at radius 1 is 0.509 bits per heavy atom. The summed E-state index contributed by atoms with van der Waals surface area (Å²) in [5, 5.41) is 9.35. The quantitative estimate of drug-likeness (QED) is 0.0292. The molecule has 0 saturated heterocycles. The first-order valence-corrected chi connectivity index (χ1v) is 26.0. The predicted molar refractivity (Wildman–Crippen MR) is 239 cm³/mol. The number of hydrogen-bond donors (Lipinski definition) is 1. The summed E-state index contributed by atoms with van der Waals surface area (Å²) in [5.74, 6) is 0. The first kappa shape index (κ1) is 51.8. The Labute approximate surface area is 333 Å². The lowest BCUT2D eigenvalue weighted by atomic mass is 10.1. The maximum absolute atomic E-state index is 9.35. The van der Waals surface area contributed by atoms with Gasteiger partial charge in [0.25, 0.3) is 0 Å². The van der Waals surface area contributed by atoms with Gasteiger partial charge in [0.15, 0.2) is 8.32 Å². The Morgan fingerprint density at radius 2 is 0.981 bits per heavy atom. The molecule has 4 nitrogen and oxygen atoms in total. The van der Waals surface area contributed by atoms with Gasteiger partial charge >= 0.3 is 0 Å². The van der Waals surface area contributed by atoms with Gasteiger partial charge in [-0.25, -0.2) is 0 Å². The zero-order chi connectivity index (χ0) is 38.8. The Bertz CT molecular complexity index is 880. The van der Waals surface area contributed by atoms with E-state index in [0.717, 1.165) is 83.9 Å². The molecule has 0 aromatic carbocycles. The van der Waals surface area contributed by atoms with Gasteiger partial charge in [0.2, 0.25) is 0 Å². The van der Waals surface area contributed by atoms with Crippen LogP contribution in [0.5, 0.6) is 0 Å². The minimum Gasteiger partial charge on any atom is -0.396 e. The highest BCUT2D eigenvalue weighted by atomic mass is 28.4. The summed E-state index contributed by atoms with van der Waals surface area (Å²) in [6.45, 7) is 16.1. The van der Waals surface area contributed by atoms with E-state index in [1.54, 1.807) is 0 Å². The highest BCUT2D eigenvalue weighted by molar-refractivity contribution is 6.71. The van der Waals surface area contributed by atoms with Crippen molar-refractivity contribution in [3.8, 4) is 0 Å². The van der Waals surface area contributed by atoms with Crippen LogP contribution in [-0.4, -0.2) is 57.5 Å². The molecule has 5 heteroatoms. The van der Waals surface area contributed by atoms with E-state index < -0.39 is 8.32 Å². The van der Waals surface area contributed by atoms with Crippen LogP contribution in [0.15, 0.2) is 60.8 Å². The molecule has 1 unspecified atom stereocenters. The molecular formula is C48H91NO3Si. The van der Waals surface area contributed by atoms with E-state index in [1.165, 1.54) is 115 Å². The highest BCUT2D eigenvalue weighted by Gasteiger charge is 2.26. The van der Waals surface area contributed by atoms with E-state index in [2.05, 4.69) is 99.5 Å². The lowest BCUT2D eigenvalue weighted by molar-refractivity contribution is -0.0926. The fraction of sp³-hybridized carbons (Fsp3) is 0.792. The molecule has 0 radical (unpaired) electrons. The molecule has 53 heavy (non-hydrogen) atoms. The molecule has 0 saturated carbocycles. The van der Waals surface area contributed by atoms with Gasteiger partial charge in [0, 0.05) is 13.2 Å². The van der Waals surface area contributed by atoms with Crippen LogP contribution in [0.4, 0.5) is 0 Å². The number of hydrogen-bond acceptors (Lipinski definition) is 4. The van der Waals surface area contributed by atoms with Gasteiger partial charge in [0.1, 0.15) is 6.29 Å². The molecule has 0 aliphatic carbocycles. The zero-order valence-corrected chi connectivity index (χ0v) is 37.2. The van der Waals surface area contributed by atoms with Gasteiger partial charge < -0.3 is 19.2 Å². The monoisotopic (exact) mass is 758 g/mol. The molecule has 0 bridgehead atoms. The normalized spacial score (nSPS) is 13.5. The Hall–Kier alpha value is -1.24. The van der Waals surface area contributed by atoms with Crippen molar-refractivity contribution in [3.63, 3.8) is 0 Å². The van der Waals surface area contributed by atoms with Crippen molar-refractivity contribution >= 4 is 8.32 Å². The third-order valence-electron chi connectivity index (χ3n) is 9.93. The number of nitrogens with zero attached hydrogens (tertiary/aromatic N) is 1. The molecule has 0 spiro atoms. The molecule has 0 aliphatic heterocycles. The average molecular weight is 758 g/mol. The van der Waals surface area contributed by atoms with Crippen LogP contribution in [0.3, 0.4) is 0 Å². The highest BCUT2D eigenvalue weighted by Crippen LogP contribution is 2.22. The van der Waals surface area contributed by atoms with Crippen molar-refractivity contribution in [3.05, 3.63) is 60.8 Å². The summed E-state index contributed by atoms with van der Waals surface area (Å²) >= 11 is 0. The van der Waals surface area contributed by atoms with Crippen molar-refractivity contribution in [1.82, 2.24) is 4.90 Å². The van der Waals surface area contributed by atoms with Gasteiger partial charge in [0.05, 0.1) is 0 Å². The summed E-state index contributed by atoms with van der Waals surface area (Å²) in [4.78, 5) is 2.65.